The molecule has 2 atom stereocenters. The normalized spacial score (nSPS) is 15.0. The minimum Gasteiger partial charge on any atom is -0.300 e. The number of likely N-dealkylation sites (N-methyl/N-ethyl adjacent to an activating group) is 3. The van der Waals surface area contributed by atoms with Crippen LogP contribution in [0.1, 0.15) is 34.1 Å². The molecule has 0 aromatic rings. The number of hydrogen-bond acceptors (Lipinski definition) is 3. The van der Waals surface area contributed by atoms with Crippen LogP contribution in [0.15, 0.2) is 0 Å². The first-order valence-corrected chi connectivity index (χ1v) is 7.39. The molecule has 0 aliphatic rings. The molecule has 2 unspecified atom stereocenters. The molecule has 4 heteroatoms. The van der Waals surface area contributed by atoms with E-state index in [1.807, 2.05) is 0 Å². The van der Waals surface area contributed by atoms with Gasteiger partial charge in [0.1, 0.15) is 5.40 Å². The molecule has 104 valence electrons. The van der Waals surface area contributed by atoms with Crippen molar-refractivity contribution in [1.82, 2.24) is 14.7 Å². The molecule has 0 saturated heterocycles. The van der Waals surface area contributed by atoms with Gasteiger partial charge in [0.2, 0.25) is 0 Å². The molecular formula is C13H32N3P. The van der Waals surface area contributed by atoms with E-state index in [4.69, 9.17) is 0 Å². The lowest BCUT2D eigenvalue weighted by Gasteiger charge is -2.52. The van der Waals surface area contributed by atoms with Gasteiger partial charge in [0.05, 0.1) is 0 Å². The van der Waals surface area contributed by atoms with Crippen LogP contribution in [-0.2, 0) is 0 Å². The van der Waals surface area contributed by atoms with Crippen molar-refractivity contribution in [3.05, 3.63) is 0 Å². The van der Waals surface area contributed by atoms with E-state index in [1.165, 1.54) is 0 Å². The van der Waals surface area contributed by atoms with Crippen LogP contribution in [-0.4, -0.2) is 66.9 Å². The van der Waals surface area contributed by atoms with Gasteiger partial charge in [-0.05, 0) is 47.2 Å². The maximum absolute atomic E-state index is 3.10. The van der Waals surface area contributed by atoms with Crippen molar-refractivity contribution in [2.24, 2.45) is 0 Å². The maximum atomic E-state index is 3.10. The van der Waals surface area contributed by atoms with E-state index in [0.29, 0.717) is 6.04 Å². The zero-order valence-electron chi connectivity index (χ0n) is 12.8. The average Bonchev–Trinajstić information content (AvgIpc) is 2.36. The largest absolute Gasteiger partial charge is 0.300 e. The summed E-state index contributed by atoms with van der Waals surface area (Å²) < 4.78 is 0. The van der Waals surface area contributed by atoms with E-state index in [9.17, 15) is 0 Å². The van der Waals surface area contributed by atoms with Gasteiger partial charge in [-0.25, -0.2) is 0 Å². The molecule has 0 rings (SSSR count). The fourth-order valence-electron chi connectivity index (χ4n) is 2.46. The van der Waals surface area contributed by atoms with Crippen LogP contribution in [0.5, 0.6) is 0 Å². The second-order valence-electron chi connectivity index (χ2n) is 4.81. The van der Waals surface area contributed by atoms with Crippen molar-refractivity contribution >= 4 is 9.24 Å². The predicted molar refractivity (Wildman–Crippen MR) is 81.4 cm³/mol. The van der Waals surface area contributed by atoms with E-state index in [1.54, 1.807) is 0 Å². The van der Waals surface area contributed by atoms with Crippen LogP contribution < -0.4 is 0 Å². The first-order valence-electron chi connectivity index (χ1n) is 6.81. The fourth-order valence-corrected chi connectivity index (χ4v) is 3.32. The van der Waals surface area contributed by atoms with Crippen molar-refractivity contribution in [1.29, 1.82) is 0 Å². The molecule has 0 aromatic heterocycles. The highest BCUT2D eigenvalue weighted by atomic mass is 31.0. The summed E-state index contributed by atoms with van der Waals surface area (Å²) in [7, 11) is 9.75. The second kappa shape index (κ2) is 7.68. The highest BCUT2D eigenvalue weighted by Gasteiger charge is 2.41. The first kappa shape index (κ1) is 17.3. The lowest BCUT2D eigenvalue weighted by Crippen LogP contribution is -2.64. The van der Waals surface area contributed by atoms with Gasteiger partial charge in [-0.2, -0.15) is 0 Å². The Morgan fingerprint density at radius 2 is 1.29 bits per heavy atom. The Bertz CT molecular complexity index is 201. The van der Waals surface area contributed by atoms with Crippen molar-refractivity contribution in [2.75, 3.05) is 40.8 Å². The molecule has 0 amide bonds. The molecule has 0 spiro atoms. The van der Waals surface area contributed by atoms with Gasteiger partial charge in [-0.3, -0.25) is 9.80 Å². The van der Waals surface area contributed by atoms with Crippen molar-refractivity contribution in [2.45, 2.75) is 45.6 Å². The summed E-state index contributed by atoms with van der Waals surface area (Å²) in [5.41, 5.74) is 0. The Labute approximate surface area is 111 Å². The summed E-state index contributed by atoms with van der Waals surface area (Å²) in [5, 5.41) is 0.0169. The van der Waals surface area contributed by atoms with Gasteiger partial charge in [-0.15, -0.1) is 0 Å². The van der Waals surface area contributed by atoms with E-state index in [0.717, 1.165) is 26.1 Å². The maximum Gasteiger partial charge on any atom is 0.103 e. The van der Waals surface area contributed by atoms with Gasteiger partial charge in [0.25, 0.3) is 0 Å². The third kappa shape index (κ3) is 3.64. The lowest BCUT2D eigenvalue weighted by molar-refractivity contribution is -0.0161. The highest BCUT2D eigenvalue weighted by molar-refractivity contribution is 7.18. The summed E-state index contributed by atoms with van der Waals surface area (Å²) in [5.74, 6) is 0. The van der Waals surface area contributed by atoms with Crippen LogP contribution >= 0.6 is 9.24 Å². The zero-order chi connectivity index (χ0) is 13.6. The minimum atomic E-state index is 0.0169. The molecule has 0 radical (unpaired) electrons. The first-order chi connectivity index (χ1) is 7.89. The Balaban J connectivity index is 5.26. The Morgan fingerprint density at radius 1 is 0.882 bits per heavy atom. The molecule has 3 nitrogen and oxygen atoms in total. The van der Waals surface area contributed by atoms with Crippen LogP contribution in [0.3, 0.4) is 0 Å². The van der Waals surface area contributed by atoms with E-state index in [2.05, 4.69) is 72.8 Å². The molecule has 0 bridgehead atoms. The predicted octanol–water partition coefficient (Wildman–Crippen LogP) is 2.15. The van der Waals surface area contributed by atoms with Gasteiger partial charge in [0.15, 0.2) is 0 Å². The van der Waals surface area contributed by atoms with Crippen LogP contribution in [0.4, 0.5) is 0 Å². The summed E-state index contributed by atoms with van der Waals surface area (Å²) in [4.78, 5) is 7.31. The molecule has 0 fully saturated rings. The number of hydrogen-bond donors (Lipinski definition) is 0. The third-order valence-corrected chi connectivity index (χ3v) is 5.35. The van der Waals surface area contributed by atoms with Crippen LogP contribution in [0, 0.1) is 0 Å². The summed E-state index contributed by atoms with van der Waals surface area (Å²) in [6, 6.07) is 0.521. The number of nitrogens with zero attached hydrogens (tertiary/aromatic N) is 3. The molecule has 0 aliphatic heterocycles. The van der Waals surface area contributed by atoms with Crippen LogP contribution in [0.2, 0.25) is 0 Å². The Kier molecular flexibility index (Phi) is 7.82. The molecule has 0 aromatic carbocycles. The smallest absolute Gasteiger partial charge is 0.103 e. The summed E-state index contributed by atoms with van der Waals surface area (Å²) in [6.07, 6.45) is 1.16. The highest BCUT2D eigenvalue weighted by Crippen LogP contribution is 2.34. The zero-order valence-corrected chi connectivity index (χ0v) is 14.0. The second-order valence-corrected chi connectivity index (χ2v) is 5.66. The van der Waals surface area contributed by atoms with Gasteiger partial charge in [0, 0.05) is 6.04 Å². The SMILES string of the molecule is CCC(N(C)CC)C(P)(N(C)CC)N(C)CC. The van der Waals surface area contributed by atoms with Gasteiger partial charge in [-0.1, -0.05) is 36.9 Å². The van der Waals surface area contributed by atoms with Gasteiger partial charge >= 0.3 is 0 Å². The lowest BCUT2D eigenvalue weighted by atomic mass is 10.1. The topological polar surface area (TPSA) is 9.72 Å². The molecule has 17 heavy (non-hydrogen) atoms. The van der Waals surface area contributed by atoms with E-state index >= 15 is 0 Å². The van der Waals surface area contributed by atoms with E-state index < -0.39 is 0 Å². The molecule has 0 heterocycles. The molecule has 0 aliphatic carbocycles. The fraction of sp³-hybridized carbons (Fsp3) is 1.00. The number of rotatable bonds is 8. The van der Waals surface area contributed by atoms with Crippen molar-refractivity contribution in [3.8, 4) is 0 Å². The monoisotopic (exact) mass is 261 g/mol. The summed E-state index contributed by atoms with van der Waals surface area (Å²) >= 11 is 0. The van der Waals surface area contributed by atoms with Crippen LogP contribution in [0.25, 0.3) is 0 Å². The molecule has 0 saturated carbocycles. The minimum absolute atomic E-state index is 0.0169. The van der Waals surface area contributed by atoms with Crippen molar-refractivity contribution < 1.29 is 0 Å². The molecule has 0 N–H and O–H groups in total. The standard InChI is InChI=1S/C13H32N3P/c1-8-12(14(5)9-2)13(17,15(6)10-3)16(7)11-4/h12H,8-11,17H2,1-7H3. The molecular weight excluding hydrogens is 229 g/mol. The summed E-state index contributed by atoms with van der Waals surface area (Å²) in [6.45, 7) is 12.2. The van der Waals surface area contributed by atoms with E-state index in [-0.39, 0.29) is 5.40 Å². The quantitative estimate of drug-likeness (QED) is 0.490. The Morgan fingerprint density at radius 3 is 1.53 bits per heavy atom. The van der Waals surface area contributed by atoms with Gasteiger partial charge < -0.3 is 4.90 Å². The third-order valence-electron chi connectivity index (χ3n) is 4.08. The van der Waals surface area contributed by atoms with Crippen molar-refractivity contribution in [3.63, 3.8) is 0 Å². The Hall–Kier alpha value is 0.310. The average molecular weight is 261 g/mol.